The number of carbonyl (C=O) groups is 1. The quantitative estimate of drug-likeness (QED) is 0.702. The van der Waals surface area contributed by atoms with E-state index in [0.29, 0.717) is 17.4 Å². The summed E-state index contributed by atoms with van der Waals surface area (Å²) in [4.78, 5) is 15.0. The minimum Gasteiger partial charge on any atom is -0.340 e. The van der Waals surface area contributed by atoms with E-state index in [0.717, 1.165) is 11.1 Å². The second-order valence-corrected chi connectivity index (χ2v) is 5.96. The van der Waals surface area contributed by atoms with Crippen molar-refractivity contribution in [1.82, 2.24) is 25.1 Å². The van der Waals surface area contributed by atoms with Gasteiger partial charge in [-0.05, 0) is 47.2 Å². The number of aromatic nitrogens is 4. The van der Waals surface area contributed by atoms with E-state index in [2.05, 4.69) is 15.4 Å². The number of amides is 1. The number of likely N-dealkylation sites (N-methyl/N-ethyl adjacent to an activating group) is 1. The van der Waals surface area contributed by atoms with Crippen LogP contribution in [0.5, 0.6) is 0 Å². The highest BCUT2D eigenvalue weighted by Crippen LogP contribution is 2.17. The zero-order chi connectivity index (χ0) is 17.8. The molecule has 0 unspecified atom stereocenters. The summed E-state index contributed by atoms with van der Waals surface area (Å²) in [6, 6.07) is 13.1. The Balaban J connectivity index is 1.62. The molecule has 0 aliphatic carbocycles. The van der Waals surface area contributed by atoms with Crippen LogP contribution in [0.1, 0.15) is 5.56 Å². The fourth-order valence-electron chi connectivity index (χ4n) is 2.22. The molecule has 1 amide bonds. The minimum atomic E-state index is -0.306. The molecule has 1 heterocycles. The Kier molecular flexibility index (Phi) is 5.04. The van der Waals surface area contributed by atoms with E-state index >= 15 is 0 Å². The zero-order valence-corrected chi connectivity index (χ0v) is 14.2. The summed E-state index contributed by atoms with van der Waals surface area (Å²) in [5.41, 5.74) is 1.61. The Morgan fingerprint density at radius 3 is 2.52 bits per heavy atom. The van der Waals surface area contributed by atoms with Gasteiger partial charge in [0.25, 0.3) is 0 Å². The average Bonchev–Trinajstić information content (AvgIpc) is 3.06. The monoisotopic (exact) mass is 359 g/mol. The fourth-order valence-corrected chi connectivity index (χ4v) is 2.34. The van der Waals surface area contributed by atoms with Gasteiger partial charge in [-0.25, -0.2) is 4.39 Å². The molecular weight excluding hydrogens is 345 g/mol. The van der Waals surface area contributed by atoms with Crippen molar-refractivity contribution in [3.63, 3.8) is 0 Å². The molecule has 1 aromatic heterocycles. The standard InChI is InChI=1S/C17H15ClFN5O/c1-23(10-12-2-8-15(19)9-3-12)16(25)11-24-21-17(20-22-24)13-4-6-14(18)7-5-13/h2-9H,10-11H2,1H3. The molecule has 0 spiro atoms. The largest absolute Gasteiger partial charge is 0.340 e. The van der Waals surface area contributed by atoms with Crippen molar-refractivity contribution in [2.75, 3.05) is 7.05 Å². The van der Waals surface area contributed by atoms with Crippen LogP contribution in [0, 0.1) is 5.82 Å². The van der Waals surface area contributed by atoms with E-state index in [9.17, 15) is 9.18 Å². The van der Waals surface area contributed by atoms with Gasteiger partial charge in [0.2, 0.25) is 11.7 Å². The van der Waals surface area contributed by atoms with Crippen LogP contribution in [0.3, 0.4) is 0 Å². The molecule has 25 heavy (non-hydrogen) atoms. The smallest absolute Gasteiger partial charge is 0.246 e. The molecule has 0 aliphatic heterocycles. The Morgan fingerprint density at radius 2 is 1.84 bits per heavy atom. The number of rotatable bonds is 5. The van der Waals surface area contributed by atoms with Gasteiger partial charge < -0.3 is 4.90 Å². The Bertz CT molecular complexity index is 864. The van der Waals surface area contributed by atoms with Gasteiger partial charge in [0.1, 0.15) is 12.4 Å². The number of hydrogen-bond donors (Lipinski definition) is 0. The summed E-state index contributed by atoms with van der Waals surface area (Å²) in [5, 5.41) is 12.7. The van der Waals surface area contributed by atoms with Gasteiger partial charge in [0.05, 0.1) is 0 Å². The number of benzene rings is 2. The van der Waals surface area contributed by atoms with Crippen LogP contribution in [0.4, 0.5) is 4.39 Å². The van der Waals surface area contributed by atoms with Crippen molar-refractivity contribution in [2.24, 2.45) is 0 Å². The molecule has 6 nitrogen and oxygen atoms in total. The summed E-state index contributed by atoms with van der Waals surface area (Å²) in [6.45, 7) is 0.343. The van der Waals surface area contributed by atoms with Crippen LogP contribution in [0.2, 0.25) is 5.02 Å². The van der Waals surface area contributed by atoms with Crippen molar-refractivity contribution in [3.05, 3.63) is 64.9 Å². The van der Waals surface area contributed by atoms with E-state index < -0.39 is 0 Å². The van der Waals surface area contributed by atoms with Crippen LogP contribution >= 0.6 is 11.6 Å². The molecule has 0 fully saturated rings. The molecule has 0 saturated carbocycles. The van der Waals surface area contributed by atoms with E-state index in [4.69, 9.17) is 11.6 Å². The summed E-state index contributed by atoms with van der Waals surface area (Å²) < 4.78 is 12.9. The Morgan fingerprint density at radius 1 is 1.16 bits per heavy atom. The van der Waals surface area contributed by atoms with E-state index in [1.807, 2.05) is 0 Å². The van der Waals surface area contributed by atoms with Crippen molar-refractivity contribution in [3.8, 4) is 11.4 Å². The molecule has 0 radical (unpaired) electrons. The van der Waals surface area contributed by atoms with Crippen molar-refractivity contribution < 1.29 is 9.18 Å². The first-order valence-electron chi connectivity index (χ1n) is 7.53. The second-order valence-electron chi connectivity index (χ2n) is 5.53. The first-order chi connectivity index (χ1) is 12.0. The summed E-state index contributed by atoms with van der Waals surface area (Å²) in [6.07, 6.45) is 0. The summed E-state index contributed by atoms with van der Waals surface area (Å²) >= 11 is 5.85. The third-order valence-electron chi connectivity index (χ3n) is 3.59. The highest BCUT2D eigenvalue weighted by Gasteiger charge is 2.13. The molecule has 2 aromatic carbocycles. The molecule has 8 heteroatoms. The molecule has 3 aromatic rings. The van der Waals surface area contributed by atoms with Crippen molar-refractivity contribution in [1.29, 1.82) is 0 Å². The number of halogens is 2. The van der Waals surface area contributed by atoms with Gasteiger partial charge in [-0.3, -0.25) is 4.79 Å². The van der Waals surface area contributed by atoms with Gasteiger partial charge in [0, 0.05) is 24.2 Å². The second kappa shape index (κ2) is 7.40. The average molecular weight is 360 g/mol. The van der Waals surface area contributed by atoms with Gasteiger partial charge >= 0.3 is 0 Å². The Labute approximate surface area is 148 Å². The SMILES string of the molecule is CN(Cc1ccc(F)cc1)C(=O)Cn1nnc(-c2ccc(Cl)cc2)n1. The normalized spacial score (nSPS) is 10.7. The topological polar surface area (TPSA) is 63.9 Å². The van der Waals surface area contributed by atoms with Crippen LogP contribution in [0.25, 0.3) is 11.4 Å². The molecule has 0 bridgehead atoms. The molecule has 0 saturated heterocycles. The van der Waals surface area contributed by atoms with Gasteiger partial charge in [-0.1, -0.05) is 23.7 Å². The van der Waals surface area contributed by atoms with Crippen molar-refractivity contribution >= 4 is 17.5 Å². The maximum absolute atomic E-state index is 12.9. The third-order valence-corrected chi connectivity index (χ3v) is 3.84. The highest BCUT2D eigenvalue weighted by molar-refractivity contribution is 6.30. The fraction of sp³-hybridized carbons (Fsp3) is 0.176. The predicted octanol–water partition coefficient (Wildman–Crippen LogP) is 2.79. The predicted molar refractivity (Wildman–Crippen MR) is 91.1 cm³/mol. The highest BCUT2D eigenvalue weighted by atomic mass is 35.5. The summed E-state index contributed by atoms with van der Waals surface area (Å²) in [7, 11) is 1.67. The minimum absolute atomic E-state index is 0.0295. The first kappa shape index (κ1) is 17.0. The van der Waals surface area contributed by atoms with Gasteiger partial charge in [0.15, 0.2) is 0 Å². The number of hydrogen-bond acceptors (Lipinski definition) is 4. The lowest BCUT2D eigenvalue weighted by atomic mass is 10.2. The molecule has 128 valence electrons. The Hall–Kier alpha value is -2.80. The van der Waals surface area contributed by atoms with Gasteiger partial charge in [-0.2, -0.15) is 4.80 Å². The lowest BCUT2D eigenvalue weighted by molar-refractivity contribution is -0.131. The van der Waals surface area contributed by atoms with E-state index in [1.54, 1.807) is 43.4 Å². The number of nitrogens with zero attached hydrogens (tertiary/aromatic N) is 5. The molecule has 0 aliphatic rings. The lowest BCUT2D eigenvalue weighted by Crippen LogP contribution is -2.30. The van der Waals surface area contributed by atoms with Crippen molar-refractivity contribution in [2.45, 2.75) is 13.1 Å². The molecule has 0 N–H and O–H groups in total. The lowest BCUT2D eigenvalue weighted by Gasteiger charge is -2.16. The van der Waals surface area contributed by atoms with Gasteiger partial charge in [-0.15, -0.1) is 10.2 Å². The zero-order valence-electron chi connectivity index (χ0n) is 13.4. The van der Waals surface area contributed by atoms with E-state index in [-0.39, 0.29) is 18.3 Å². The third kappa shape index (κ3) is 4.39. The van der Waals surface area contributed by atoms with Crippen LogP contribution in [0.15, 0.2) is 48.5 Å². The molecular formula is C17H15ClFN5O. The first-order valence-corrected chi connectivity index (χ1v) is 7.91. The maximum Gasteiger partial charge on any atom is 0.246 e. The number of tetrazole rings is 1. The maximum atomic E-state index is 12.9. The van der Waals surface area contributed by atoms with Crippen LogP contribution in [-0.4, -0.2) is 38.1 Å². The van der Waals surface area contributed by atoms with E-state index in [1.165, 1.54) is 21.8 Å². The van der Waals surface area contributed by atoms with Crippen LogP contribution < -0.4 is 0 Å². The van der Waals surface area contributed by atoms with Crippen LogP contribution in [-0.2, 0) is 17.9 Å². The molecule has 3 rings (SSSR count). The molecule has 0 atom stereocenters. The summed E-state index contributed by atoms with van der Waals surface area (Å²) in [5.74, 6) is -0.0608. The number of carbonyl (C=O) groups excluding carboxylic acids is 1.